The van der Waals surface area contributed by atoms with E-state index in [1.165, 1.54) is 0 Å². The summed E-state index contributed by atoms with van der Waals surface area (Å²) >= 11 is 0. The van der Waals surface area contributed by atoms with Gasteiger partial charge >= 0.3 is 0 Å². The molecular formula is C16H10N6. The van der Waals surface area contributed by atoms with Crippen molar-refractivity contribution in [1.82, 2.24) is 15.0 Å². The van der Waals surface area contributed by atoms with Gasteiger partial charge in [-0.15, -0.1) is 15.3 Å². The third-order valence-corrected chi connectivity index (χ3v) is 3.99. The van der Waals surface area contributed by atoms with Gasteiger partial charge in [0.05, 0.1) is 11.2 Å². The fourth-order valence-electron chi connectivity index (χ4n) is 2.87. The second-order valence-corrected chi connectivity index (χ2v) is 5.22. The van der Waals surface area contributed by atoms with E-state index in [0.717, 1.165) is 44.6 Å². The van der Waals surface area contributed by atoms with Crippen LogP contribution in [0, 0.1) is 0 Å². The van der Waals surface area contributed by atoms with Gasteiger partial charge in [0.15, 0.2) is 0 Å². The van der Waals surface area contributed by atoms with Crippen molar-refractivity contribution < 1.29 is 0 Å². The lowest BCUT2D eigenvalue weighted by molar-refractivity contribution is 0.829. The molecular weight excluding hydrogens is 276 g/mol. The van der Waals surface area contributed by atoms with Crippen LogP contribution < -0.4 is 5.73 Å². The van der Waals surface area contributed by atoms with Crippen LogP contribution in [0.3, 0.4) is 0 Å². The van der Waals surface area contributed by atoms with Crippen molar-refractivity contribution in [1.29, 1.82) is 0 Å². The number of aromatic nitrogens is 3. The smallest absolute Gasteiger partial charge is 0.143 e. The lowest BCUT2D eigenvalue weighted by Gasteiger charge is -2.10. The molecule has 1 aliphatic rings. The first-order valence-corrected chi connectivity index (χ1v) is 6.91. The maximum atomic E-state index is 6.07. The van der Waals surface area contributed by atoms with Gasteiger partial charge in [-0.25, -0.2) is 4.68 Å². The fourth-order valence-corrected chi connectivity index (χ4v) is 2.87. The predicted molar refractivity (Wildman–Crippen MR) is 85.0 cm³/mol. The van der Waals surface area contributed by atoms with E-state index in [9.17, 15) is 0 Å². The second kappa shape index (κ2) is 3.88. The Bertz CT molecular complexity index is 1090. The summed E-state index contributed by atoms with van der Waals surface area (Å²) in [6.07, 6.45) is 0. The van der Waals surface area contributed by atoms with Gasteiger partial charge < -0.3 is 5.73 Å². The molecule has 2 heterocycles. The molecule has 0 atom stereocenters. The van der Waals surface area contributed by atoms with Crippen LogP contribution in [0.1, 0.15) is 0 Å². The fraction of sp³-hybridized carbons (Fsp3) is 0. The minimum Gasteiger partial charge on any atom is -0.398 e. The van der Waals surface area contributed by atoms with Crippen molar-refractivity contribution in [3.05, 3.63) is 48.5 Å². The van der Waals surface area contributed by atoms with Crippen LogP contribution in [0.15, 0.2) is 58.8 Å². The number of anilines is 1. The summed E-state index contributed by atoms with van der Waals surface area (Å²) < 4.78 is 1.82. The van der Waals surface area contributed by atoms with E-state index in [-0.39, 0.29) is 0 Å². The van der Waals surface area contributed by atoms with Crippen LogP contribution in [0.2, 0.25) is 0 Å². The number of hydrogen-bond donors (Lipinski definition) is 1. The number of rotatable bonds is 1. The summed E-state index contributed by atoms with van der Waals surface area (Å²) in [5.74, 6) is 0. The molecule has 5 rings (SSSR count). The highest BCUT2D eigenvalue weighted by atomic mass is 15.4. The Labute approximate surface area is 124 Å². The average Bonchev–Trinajstić information content (AvgIpc) is 2.91. The van der Waals surface area contributed by atoms with E-state index < -0.39 is 0 Å². The van der Waals surface area contributed by atoms with Crippen LogP contribution in [-0.2, 0) is 0 Å². The molecule has 0 unspecified atom stereocenters. The molecule has 1 aromatic heterocycles. The maximum absolute atomic E-state index is 6.07. The Morgan fingerprint density at radius 3 is 2.55 bits per heavy atom. The zero-order valence-corrected chi connectivity index (χ0v) is 11.4. The summed E-state index contributed by atoms with van der Waals surface area (Å²) in [7, 11) is 0. The molecule has 6 nitrogen and oxygen atoms in total. The molecule has 2 N–H and O–H groups in total. The number of nitrogen functional groups attached to an aromatic ring is 1. The average molecular weight is 286 g/mol. The zero-order chi connectivity index (χ0) is 14.7. The largest absolute Gasteiger partial charge is 0.398 e. The van der Waals surface area contributed by atoms with E-state index in [1.807, 2.05) is 53.2 Å². The molecule has 0 amide bonds. The first-order valence-electron chi connectivity index (χ1n) is 6.91. The van der Waals surface area contributed by atoms with Crippen molar-refractivity contribution in [2.45, 2.75) is 0 Å². The normalized spacial score (nSPS) is 12.5. The van der Waals surface area contributed by atoms with Gasteiger partial charge in [0.25, 0.3) is 0 Å². The van der Waals surface area contributed by atoms with E-state index in [4.69, 9.17) is 5.73 Å². The summed E-state index contributed by atoms with van der Waals surface area (Å²) in [5.41, 5.74) is 11.1. The number of hydrogen-bond acceptors (Lipinski definition) is 5. The summed E-state index contributed by atoms with van der Waals surface area (Å²) in [6, 6.07) is 15.8. The van der Waals surface area contributed by atoms with Crippen LogP contribution >= 0.6 is 0 Å². The standard InChI is InChI=1S/C16H10N6/c17-11-5-7-13(10-4-2-1-3-9(10)11)22-14-8-6-12-15(19-18-12)16(14)20-21-22/h1-8H,17H2. The first kappa shape index (κ1) is 11.4. The number of fused-ring (bicyclic) bond motifs is 4. The van der Waals surface area contributed by atoms with Gasteiger partial charge in [0.1, 0.15) is 16.9 Å². The van der Waals surface area contributed by atoms with Crippen LogP contribution in [-0.4, -0.2) is 15.0 Å². The predicted octanol–water partition coefficient (Wildman–Crippen LogP) is 3.88. The topological polar surface area (TPSA) is 81.5 Å². The van der Waals surface area contributed by atoms with Crippen LogP contribution in [0.25, 0.3) is 27.5 Å². The lowest BCUT2D eigenvalue weighted by atomic mass is 10.1. The molecule has 0 saturated carbocycles. The van der Waals surface area contributed by atoms with Crippen molar-refractivity contribution >= 4 is 38.9 Å². The Morgan fingerprint density at radius 1 is 0.864 bits per heavy atom. The molecule has 0 fully saturated rings. The zero-order valence-electron chi connectivity index (χ0n) is 11.4. The molecule has 0 saturated heterocycles. The van der Waals surface area contributed by atoms with Crippen molar-refractivity contribution in [3.63, 3.8) is 0 Å². The quantitative estimate of drug-likeness (QED) is 0.475. The van der Waals surface area contributed by atoms with E-state index in [1.54, 1.807) is 0 Å². The third-order valence-electron chi connectivity index (χ3n) is 3.99. The minimum atomic E-state index is 0.752. The lowest BCUT2D eigenvalue weighted by Crippen LogP contribution is -1.99. The number of nitrogens with zero attached hydrogens (tertiary/aromatic N) is 5. The molecule has 1 aliphatic heterocycles. The molecule has 4 aromatic rings. The Morgan fingerprint density at radius 2 is 1.73 bits per heavy atom. The Hall–Kier alpha value is -3.28. The number of nitrogens with two attached hydrogens (primary N) is 1. The molecule has 3 aromatic carbocycles. The maximum Gasteiger partial charge on any atom is 0.143 e. The van der Waals surface area contributed by atoms with Gasteiger partial charge in [-0.1, -0.05) is 29.5 Å². The molecule has 0 radical (unpaired) electrons. The SMILES string of the molecule is Nc1ccc(-n2nnc3c4c(ccc32)N=N4)c2ccccc12. The van der Waals surface area contributed by atoms with Gasteiger partial charge in [0, 0.05) is 16.5 Å². The van der Waals surface area contributed by atoms with Gasteiger partial charge in [-0.2, -0.15) is 0 Å². The monoisotopic (exact) mass is 286 g/mol. The molecule has 104 valence electrons. The minimum absolute atomic E-state index is 0.752. The van der Waals surface area contributed by atoms with Crippen LogP contribution in [0.5, 0.6) is 0 Å². The molecule has 0 aliphatic carbocycles. The molecule has 0 bridgehead atoms. The summed E-state index contributed by atoms with van der Waals surface area (Å²) in [5, 5.41) is 18.6. The molecule has 0 spiro atoms. The Balaban J connectivity index is 1.87. The Kier molecular flexibility index (Phi) is 2.01. The first-order chi connectivity index (χ1) is 10.8. The summed E-state index contributed by atoms with van der Waals surface area (Å²) in [6.45, 7) is 0. The van der Waals surface area contributed by atoms with Crippen molar-refractivity contribution in [3.8, 4) is 5.69 Å². The van der Waals surface area contributed by atoms with Crippen LogP contribution in [0.4, 0.5) is 17.1 Å². The summed E-state index contributed by atoms with van der Waals surface area (Å²) in [4.78, 5) is 0. The van der Waals surface area contributed by atoms with Gasteiger partial charge in [-0.3, -0.25) is 0 Å². The number of benzene rings is 3. The van der Waals surface area contributed by atoms with Gasteiger partial charge in [0.2, 0.25) is 0 Å². The second-order valence-electron chi connectivity index (χ2n) is 5.22. The highest BCUT2D eigenvalue weighted by Crippen LogP contribution is 2.43. The van der Waals surface area contributed by atoms with E-state index in [0.29, 0.717) is 0 Å². The van der Waals surface area contributed by atoms with Crippen molar-refractivity contribution in [2.75, 3.05) is 5.73 Å². The number of azo groups is 1. The van der Waals surface area contributed by atoms with E-state index in [2.05, 4.69) is 20.5 Å². The molecule has 22 heavy (non-hydrogen) atoms. The highest BCUT2D eigenvalue weighted by Gasteiger charge is 2.19. The third kappa shape index (κ3) is 1.33. The van der Waals surface area contributed by atoms with Crippen molar-refractivity contribution in [2.24, 2.45) is 10.2 Å². The molecule has 6 heteroatoms. The highest BCUT2D eigenvalue weighted by molar-refractivity contribution is 6.00. The van der Waals surface area contributed by atoms with E-state index >= 15 is 0 Å². The van der Waals surface area contributed by atoms with Gasteiger partial charge in [-0.05, 0) is 24.3 Å².